The topological polar surface area (TPSA) is 66.0 Å². The van der Waals surface area contributed by atoms with Gasteiger partial charge in [-0.3, -0.25) is 19.6 Å². The summed E-state index contributed by atoms with van der Waals surface area (Å²) in [7, 11) is 3.44. The summed E-state index contributed by atoms with van der Waals surface area (Å²) in [5.74, 6) is 0.818. The van der Waals surface area contributed by atoms with Crippen LogP contribution in [0.2, 0.25) is 0 Å². The lowest BCUT2D eigenvalue weighted by molar-refractivity contribution is -0.135. The second kappa shape index (κ2) is 10.2. The first kappa shape index (κ1) is 23.0. The number of piperidine rings is 1. The van der Waals surface area contributed by atoms with Crippen molar-refractivity contribution in [2.45, 2.75) is 31.2 Å². The minimum Gasteiger partial charge on any atom is -0.497 e. The Labute approximate surface area is 195 Å². The van der Waals surface area contributed by atoms with Crippen LogP contribution in [0.3, 0.4) is 0 Å². The minimum atomic E-state index is -0.691. The number of likely N-dealkylation sites (N-methyl/N-ethyl adjacent to an activating group) is 1. The Kier molecular flexibility index (Phi) is 7.08. The summed E-state index contributed by atoms with van der Waals surface area (Å²) in [5, 5.41) is 0. The van der Waals surface area contributed by atoms with Crippen molar-refractivity contribution in [1.29, 1.82) is 0 Å². The molecule has 4 rings (SSSR count). The lowest BCUT2D eigenvalue weighted by Gasteiger charge is -2.40. The third kappa shape index (κ3) is 4.93. The fourth-order valence-corrected chi connectivity index (χ4v) is 4.74. The molecule has 2 fully saturated rings. The molecular weight excluding hydrogens is 416 g/mol. The van der Waals surface area contributed by atoms with Gasteiger partial charge in [-0.15, -0.1) is 0 Å². The molecule has 2 aromatic rings. The van der Waals surface area contributed by atoms with E-state index >= 15 is 0 Å². The third-order valence-corrected chi connectivity index (χ3v) is 6.87. The van der Waals surface area contributed by atoms with E-state index in [1.54, 1.807) is 31.5 Å². The number of hydrogen-bond donors (Lipinski definition) is 0. The standard InChI is InChI=1S/C26H32N4O3/c1-28-25(32)30(18-4-6-22-11-15-27-16-12-22)24(31)26(28)13-19-29(20-14-26)17-3-5-21-7-9-23(33-2)10-8-21/h3,5,7-12,15-16H,4,6,13-14,17-20H2,1-2H3. The normalized spacial score (nSPS) is 18.6. The fraction of sp³-hybridized carbons (Fsp3) is 0.423. The highest BCUT2D eigenvalue weighted by atomic mass is 16.5. The van der Waals surface area contributed by atoms with Crippen LogP contribution in [0.5, 0.6) is 5.75 Å². The molecule has 0 bridgehead atoms. The van der Waals surface area contributed by atoms with E-state index in [1.165, 1.54) is 10.5 Å². The van der Waals surface area contributed by atoms with Crippen molar-refractivity contribution in [2.24, 2.45) is 0 Å². The van der Waals surface area contributed by atoms with Crippen molar-refractivity contribution >= 4 is 18.0 Å². The number of imide groups is 1. The Hall–Kier alpha value is -3.19. The van der Waals surface area contributed by atoms with E-state index in [2.05, 4.69) is 22.0 Å². The summed E-state index contributed by atoms with van der Waals surface area (Å²) in [4.78, 5) is 35.7. The highest BCUT2D eigenvalue weighted by Gasteiger charge is 2.56. The molecule has 0 saturated carbocycles. The second-order valence-corrected chi connectivity index (χ2v) is 8.77. The summed E-state index contributed by atoms with van der Waals surface area (Å²) in [6.07, 6.45) is 10.7. The first-order valence-corrected chi connectivity index (χ1v) is 11.5. The number of benzene rings is 1. The Bertz CT molecular complexity index is 982. The van der Waals surface area contributed by atoms with Gasteiger partial charge >= 0.3 is 6.03 Å². The molecule has 0 aliphatic carbocycles. The average molecular weight is 449 g/mol. The molecule has 33 heavy (non-hydrogen) atoms. The zero-order valence-electron chi connectivity index (χ0n) is 19.4. The molecule has 2 aliphatic rings. The van der Waals surface area contributed by atoms with E-state index < -0.39 is 5.54 Å². The molecule has 3 heterocycles. The van der Waals surface area contributed by atoms with Crippen molar-refractivity contribution < 1.29 is 14.3 Å². The summed E-state index contributed by atoms with van der Waals surface area (Å²) >= 11 is 0. The summed E-state index contributed by atoms with van der Waals surface area (Å²) in [5.41, 5.74) is 1.61. The van der Waals surface area contributed by atoms with Gasteiger partial charge in [-0.05, 0) is 61.1 Å². The fourth-order valence-electron chi connectivity index (χ4n) is 4.74. The summed E-state index contributed by atoms with van der Waals surface area (Å²) in [6.45, 7) is 2.87. The molecule has 1 aromatic heterocycles. The van der Waals surface area contributed by atoms with Crippen molar-refractivity contribution in [2.75, 3.05) is 40.3 Å². The van der Waals surface area contributed by atoms with E-state index in [4.69, 9.17) is 4.74 Å². The number of pyridine rings is 1. The quantitative estimate of drug-likeness (QED) is 0.579. The van der Waals surface area contributed by atoms with Gasteiger partial charge in [0.1, 0.15) is 11.3 Å². The predicted octanol–water partition coefficient (Wildman–Crippen LogP) is 3.46. The van der Waals surface area contributed by atoms with Crippen LogP contribution in [0.4, 0.5) is 4.79 Å². The first-order valence-electron chi connectivity index (χ1n) is 11.5. The predicted molar refractivity (Wildman–Crippen MR) is 128 cm³/mol. The van der Waals surface area contributed by atoms with Gasteiger partial charge < -0.3 is 9.64 Å². The molecule has 2 aliphatic heterocycles. The summed E-state index contributed by atoms with van der Waals surface area (Å²) in [6, 6.07) is 11.7. The van der Waals surface area contributed by atoms with Gasteiger partial charge in [0.05, 0.1) is 7.11 Å². The average Bonchev–Trinajstić information content (AvgIpc) is 3.02. The van der Waals surface area contributed by atoms with Gasteiger partial charge in [-0.1, -0.05) is 24.3 Å². The molecule has 1 spiro atoms. The molecule has 7 heteroatoms. The highest BCUT2D eigenvalue weighted by Crippen LogP contribution is 2.36. The Balaban J connectivity index is 1.29. The molecule has 174 valence electrons. The number of methoxy groups -OCH3 is 1. The van der Waals surface area contributed by atoms with Crippen LogP contribution in [0.1, 0.15) is 30.4 Å². The number of carbonyl (C=O) groups excluding carboxylic acids is 2. The number of likely N-dealkylation sites (tertiary alicyclic amines) is 1. The number of aryl methyl sites for hydroxylation is 1. The summed E-state index contributed by atoms with van der Waals surface area (Å²) < 4.78 is 5.20. The van der Waals surface area contributed by atoms with Gasteiger partial charge in [0.15, 0.2) is 0 Å². The smallest absolute Gasteiger partial charge is 0.327 e. The molecule has 2 saturated heterocycles. The van der Waals surface area contributed by atoms with Crippen LogP contribution in [0.25, 0.3) is 6.08 Å². The maximum atomic E-state index is 13.3. The number of urea groups is 1. The van der Waals surface area contributed by atoms with Crippen LogP contribution >= 0.6 is 0 Å². The first-order chi connectivity index (χ1) is 16.0. The number of nitrogens with zero attached hydrogens (tertiary/aromatic N) is 4. The van der Waals surface area contributed by atoms with Crippen LogP contribution in [-0.4, -0.2) is 77.5 Å². The molecule has 0 N–H and O–H groups in total. The maximum Gasteiger partial charge on any atom is 0.327 e. The SMILES string of the molecule is COc1ccc(C=CCN2CCC3(CC2)C(=O)N(CCCc2ccncc2)C(=O)N3C)cc1. The molecule has 0 atom stereocenters. The lowest BCUT2D eigenvalue weighted by atomic mass is 9.86. The number of aromatic nitrogens is 1. The largest absolute Gasteiger partial charge is 0.497 e. The van der Waals surface area contributed by atoms with E-state index in [1.807, 2.05) is 36.4 Å². The van der Waals surface area contributed by atoms with Crippen LogP contribution in [0.15, 0.2) is 54.9 Å². The molecule has 7 nitrogen and oxygen atoms in total. The van der Waals surface area contributed by atoms with Gasteiger partial charge in [-0.25, -0.2) is 4.79 Å². The van der Waals surface area contributed by atoms with Gasteiger partial charge in [0.25, 0.3) is 5.91 Å². The van der Waals surface area contributed by atoms with E-state index in [-0.39, 0.29) is 11.9 Å². The number of rotatable bonds is 8. The molecule has 1 aromatic carbocycles. The van der Waals surface area contributed by atoms with Crippen molar-refractivity contribution in [3.05, 3.63) is 66.0 Å². The van der Waals surface area contributed by atoms with Crippen LogP contribution in [-0.2, 0) is 11.2 Å². The molecular formula is C26H32N4O3. The van der Waals surface area contributed by atoms with Gasteiger partial charge in [0.2, 0.25) is 0 Å². The Morgan fingerprint density at radius 2 is 1.76 bits per heavy atom. The Morgan fingerprint density at radius 3 is 2.42 bits per heavy atom. The number of carbonyl (C=O) groups is 2. The number of amides is 3. The third-order valence-electron chi connectivity index (χ3n) is 6.87. The van der Waals surface area contributed by atoms with E-state index in [9.17, 15) is 9.59 Å². The van der Waals surface area contributed by atoms with Crippen LogP contribution < -0.4 is 4.74 Å². The zero-order chi connectivity index (χ0) is 23.3. The monoisotopic (exact) mass is 448 g/mol. The highest BCUT2D eigenvalue weighted by molar-refractivity contribution is 6.07. The van der Waals surface area contributed by atoms with Crippen molar-refractivity contribution in [3.8, 4) is 5.75 Å². The number of hydrogen-bond acceptors (Lipinski definition) is 5. The molecule has 0 unspecified atom stereocenters. The molecule has 0 radical (unpaired) electrons. The Morgan fingerprint density at radius 1 is 1.06 bits per heavy atom. The van der Waals surface area contributed by atoms with E-state index in [0.717, 1.165) is 43.8 Å². The molecule has 3 amide bonds. The van der Waals surface area contributed by atoms with Gasteiger partial charge in [0, 0.05) is 45.6 Å². The second-order valence-electron chi connectivity index (χ2n) is 8.77. The zero-order valence-corrected chi connectivity index (χ0v) is 19.4. The van der Waals surface area contributed by atoms with Crippen LogP contribution in [0, 0.1) is 0 Å². The number of ether oxygens (including phenoxy) is 1. The van der Waals surface area contributed by atoms with Gasteiger partial charge in [-0.2, -0.15) is 0 Å². The maximum absolute atomic E-state index is 13.3. The van der Waals surface area contributed by atoms with E-state index in [0.29, 0.717) is 19.4 Å². The lowest BCUT2D eigenvalue weighted by Crippen LogP contribution is -2.55. The minimum absolute atomic E-state index is 0.0295. The van der Waals surface area contributed by atoms with Crippen molar-refractivity contribution in [3.63, 3.8) is 0 Å². The van der Waals surface area contributed by atoms with Crippen molar-refractivity contribution in [1.82, 2.24) is 19.7 Å².